The van der Waals surface area contributed by atoms with Crippen LogP contribution in [0.3, 0.4) is 0 Å². The molecule has 1 aromatic carbocycles. The topological polar surface area (TPSA) is 114 Å². The number of aromatic nitrogens is 2. The number of nitro groups is 1. The number of hydrogen-bond acceptors (Lipinski definition) is 6. The third-order valence-electron chi connectivity index (χ3n) is 4.07. The Hall–Kier alpha value is -3.25. The molecule has 1 fully saturated rings. The number of amides is 1. The maximum absolute atomic E-state index is 12.9. The van der Waals surface area contributed by atoms with Gasteiger partial charge in [0.2, 0.25) is 0 Å². The average Bonchev–Trinajstić information content (AvgIpc) is 3.10. The van der Waals surface area contributed by atoms with Gasteiger partial charge in [0.25, 0.3) is 11.6 Å². The van der Waals surface area contributed by atoms with Crippen molar-refractivity contribution in [3.63, 3.8) is 0 Å². The van der Waals surface area contributed by atoms with E-state index < -0.39 is 4.92 Å². The maximum Gasteiger partial charge on any atom is 0.270 e. The number of hydrogen-bond donors (Lipinski definition) is 0. The molecule has 26 heavy (non-hydrogen) atoms. The quantitative estimate of drug-likeness (QED) is 0.597. The van der Waals surface area contributed by atoms with Crippen molar-refractivity contribution < 1.29 is 14.5 Å². The molecule has 1 saturated heterocycles. The number of non-ortho nitro benzene ring substituents is 1. The first-order valence-electron chi connectivity index (χ1n) is 8.16. The van der Waals surface area contributed by atoms with Crippen LogP contribution >= 0.6 is 0 Å². The lowest BCUT2D eigenvalue weighted by atomic mass is 10.1. The van der Waals surface area contributed by atoms with Crippen molar-refractivity contribution in [2.75, 3.05) is 26.3 Å². The van der Waals surface area contributed by atoms with Gasteiger partial charge in [-0.25, -0.2) is 0 Å². The van der Waals surface area contributed by atoms with Crippen LogP contribution in [-0.2, 0) is 11.3 Å². The van der Waals surface area contributed by atoms with Crippen molar-refractivity contribution in [1.82, 2.24) is 14.7 Å². The minimum Gasteiger partial charge on any atom is -0.378 e. The molecule has 134 valence electrons. The van der Waals surface area contributed by atoms with Gasteiger partial charge in [0, 0.05) is 37.0 Å². The second-order valence-electron chi connectivity index (χ2n) is 5.77. The Morgan fingerprint density at radius 1 is 1.38 bits per heavy atom. The van der Waals surface area contributed by atoms with E-state index >= 15 is 0 Å². The van der Waals surface area contributed by atoms with Crippen LogP contribution < -0.4 is 0 Å². The molecule has 0 N–H and O–H groups in total. The molecule has 9 nitrogen and oxygen atoms in total. The highest BCUT2D eigenvalue weighted by molar-refractivity contribution is 6.00. The predicted molar refractivity (Wildman–Crippen MR) is 91.3 cm³/mol. The van der Waals surface area contributed by atoms with Gasteiger partial charge in [-0.3, -0.25) is 19.6 Å². The first kappa shape index (κ1) is 17.6. The zero-order valence-electron chi connectivity index (χ0n) is 14.0. The number of carbonyl (C=O) groups excluding carboxylic acids is 1. The van der Waals surface area contributed by atoms with Gasteiger partial charge < -0.3 is 9.64 Å². The van der Waals surface area contributed by atoms with E-state index in [1.165, 1.54) is 16.8 Å². The fraction of sp³-hybridized carbons (Fsp3) is 0.353. The molecule has 0 unspecified atom stereocenters. The second-order valence-corrected chi connectivity index (χ2v) is 5.77. The number of carbonyl (C=O) groups is 1. The smallest absolute Gasteiger partial charge is 0.270 e. The molecule has 1 aromatic heterocycles. The Labute approximate surface area is 149 Å². The van der Waals surface area contributed by atoms with Crippen molar-refractivity contribution in [3.8, 4) is 17.3 Å². The van der Waals surface area contributed by atoms with E-state index in [1.54, 1.807) is 23.2 Å². The van der Waals surface area contributed by atoms with Gasteiger partial charge in [-0.2, -0.15) is 10.4 Å². The summed E-state index contributed by atoms with van der Waals surface area (Å²) in [4.78, 5) is 25.2. The summed E-state index contributed by atoms with van der Waals surface area (Å²) in [6.45, 7) is 2.25. The molecule has 0 saturated carbocycles. The van der Waals surface area contributed by atoms with Crippen LogP contribution in [0.15, 0.2) is 30.5 Å². The highest BCUT2D eigenvalue weighted by atomic mass is 16.6. The van der Waals surface area contributed by atoms with Gasteiger partial charge in [-0.15, -0.1) is 0 Å². The lowest BCUT2D eigenvalue weighted by molar-refractivity contribution is -0.384. The van der Waals surface area contributed by atoms with Crippen LogP contribution in [0.5, 0.6) is 0 Å². The van der Waals surface area contributed by atoms with Gasteiger partial charge >= 0.3 is 0 Å². The van der Waals surface area contributed by atoms with E-state index in [9.17, 15) is 14.9 Å². The van der Waals surface area contributed by atoms with Gasteiger partial charge in [-0.1, -0.05) is 12.1 Å². The van der Waals surface area contributed by atoms with Crippen molar-refractivity contribution in [3.05, 3.63) is 46.1 Å². The summed E-state index contributed by atoms with van der Waals surface area (Å²) >= 11 is 0. The number of nitro benzene ring substituents is 1. The number of nitrogens with zero attached hydrogens (tertiary/aromatic N) is 5. The summed E-state index contributed by atoms with van der Waals surface area (Å²) < 4.78 is 6.81. The maximum atomic E-state index is 12.9. The van der Waals surface area contributed by atoms with Crippen LogP contribution in [0.4, 0.5) is 5.69 Å². The normalized spacial score (nSPS) is 14.0. The van der Waals surface area contributed by atoms with Crippen molar-refractivity contribution in [2.45, 2.75) is 13.0 Å². The number of benzene rings is 1. The highest BCUT2D eigenvalue weighted by Crippen LogP contribution is 2.27. The summed E-state index contributed by atoms with van der Waals surface area (Å²) in [5.41, 5.74) is 1.17. The van der Waals surface area contributed by atoms with Crippen LogP contribution in [0.25, 0.3) is 11.3 Å². The molecule has 0 bridgehead atoms. The fourth-order valence-electron chi connectivity index (χ4n) is 2.77. The summed E-state index contributed by atoms with van der Waals surface area (Å²) in [5, 5.41) is 24.2. The van der Waals surface area contributed by atoms with Crippen molar-refractivity contribution in [1.29, 1.82) is 5.26 Å². The largest absolute Gasteiger partial charge is 0.378 e. The predicted octanol–water partition coefficient (Wildman–Crippen LogP) is 1.84. The number of nitriles is 1. The second kappa shape index (κ2) is 7.76. The molecule has 0 aliphatic carbocycles. The van der Waals surface area contributed by atoms with Crippen LogP contribution in [0.1, 0.15) is 16.8 Å². The highest BCUT2D eigenvalue weighted by Gasteiger charge is 2.25. The molecule has 9 heteroatoms. The molecule has 3 rings (SSSR count). The van der Waals surface area contributed by atoms with Gasteiger partial charge in [-0.05, 0) is 0 Å². The summed E-state index contributed by atoms with van der Waals surface area (Å²) in [6, 6.07) is 8.06. The van der Waals surface area contributed by atoms with E-state index in [-0.39, 0.29) is 18.0 Å². The Morgan fingerprint density at radius 3 is 2.85 bits per heavy atom. The molecule has 0 atom stereocenters. The third kappa shape index (κ3) is 3.70. The molecule has 1 amide bonds. The van der Waals surface area contributed by atoms with Crippen molar-refractivity contribution >= 4 is 11.6 Å². The monoisotopic (exact) mass is 355 g/mol. The minimum atomic E-state index is -0.486. The first-order chi connectivity index (χ1) is 12.6. The standard InChI is InChI=1S/C17H17N5O4/c18-5-2-6-21-12-15(17(23)20-7-9-26-10-8-20)16(19-21)13-3-1-4-14(11-13)22(24)25/h1,3-4,11-12H,2,6-10H2. The lowest BCUT2D eigenvalue weighted by Gasteiger charge is -2.26. The number of aryl methyl sites for hydroxylation is 1. The molecule has 0 spiro atoms. The average molecular weight is 355 g/mol. The van der Waals surface area contributed by atoms with Crippen LogP contribution in [0, 0.1) is 21.4 Å². The van der Waals surface area contributed by atoms with Gasteiger partial charge in [0.05, 0.1) is 42.7 Å². The van der Waals surface area contributed by atoms with E-state index in [0.29, 0.717) is 49.7 Å². The molecule has 2 aromatic rings. The Balaban J connectivity index is 2.00. The summed E-state index contributed by atoms with van der Waals surface area (Å²) in [6.07, 6.45) is 1.85. The Morgan fingerprint density at radius 2 is 2.15 bits per heavy atom. The first-order valence-corrected chi connectivity index (χ1v) is 8.16. The molecular formula is C17H17N5O4. The molecule has 1 aliphatic rings. The summed E-state index contributed by atoms with van der Waals surface area (Å²) in [7, 11) is 0. The number of ether oxygens (including phenoxy) is 1. The van der Waals surface area contributed by atoms with Crippen molar-refractivity contribution in [2.24, 2.45) is 0 Å². The van der Waals surface area contributed by atoms with Gasteiger partial charge in [0.1, 0.15) is 5.69 Å². The van der Waals surface area contributed by atoms with E-state index in [1.807, 2.05) is 6.07 Å². The molecular weight excluding hydrogens is 338 g/mol. The molecule has 1 aliphatic heterocycles. The Kier molecular flexibility index (Phi) is 5.24. The van der Waals surface area contributed by atoms with Crippen LogP contribution in [-0.4, -0.2) is 51.8 Å². The zero-order valence-corrected chi connectivity index (χ0v) is 14.0. The Bertz CT molecular complexity index is 864. The molecule has 0 radical (unpaired) electrons. The lowest BCUT2D eigenvalue weighted by Crippen LogP contribution is -2.40. The summed E-state index contributed by atoms with van der Waals surface area (Å²) in [5.74, 6) is -0.196. The SMILES string of the molecule is N#CCCn1cc(C(=O)N2CCOCC2)c(-c2cccc([N+](=O)[O-])c2)n1. The zero-order chi connectivity index (χ0) is 18.5. The minimum absolute atomic E-state index is 0.0705. The number of rotatable bonds is 5. The third-order valence-corrected chi connectivity index (χ3v) is 4.07. The van der Waals surface area contributed by atoms with Crippen LogP contribution in [0.2, 0.25) is 0 Å². The van der Waals surface area contributed by atoms with E-state index in [4.69, 9.17) is 10.00 Å². The van der Waals surface area contributed by atoms with Gasteiger partial charge in [0.15, 0.2) is 0 Å². The number of morpholine rings is 1. The van der Waals surface area contributed by atoms with E-state index in [2.05, 4.69) is 5.10 Å². The van der Waals surface area contributed by atoms with E-state index in [0.717, 1.165) is 0 Å². The molecule has 2 heterocycles. The fourth-order valence-corrected chi connectivity index (χ4v) is 2.77.